The van der Waals surface area contributed by atoms with Crippen LogP contribution in [0, 0.1) is 5.92 Å². The fourth-order valence-corrected chi connectivity index (χ4v) is 4.85. The zero-order valence-electron chi connectivity index (χ0n) is 17.1. The van der Waals surface area contributed by atoms with Gasteiger partial charge in [0.1, 0.15) is 11.4 Å². The molecule has 1 fully saturated rings. The Bertz CT molecular complexity index is 1320. The Labute approximate surface area is 182 Å². The minimum atomic E-state index is -0.507. The van der Waals surface area contributed by atoms with Crippen molar-refractivity contribution >= 4 is 38.1 Å². The average Bonchev–Trinajstić information content (AvgIpc) is 3.26. The highest BCUT2D eigenvalue weighted by Gasteiger charge is 2.29. The van der Waals surface area contributed by atoms with E-state index in [1.54, 1.807) is 42.7 Å². The number of nitrogens with zero attached hydrogens (tertiary/aromatic N) is 2. The van der Waals surface area contributed by atoms with Gasteiger partial charge in [-0.05, 0) is 74.0 Å². The van der Waals surface area contributed by atoms with Crippen molar-refractivity contribution in [3.63, 3.8) is 0 Å². The minimum absolute atomic E-state index is 0.00396. The predicted molar refractivity (Wildman–Crippen MR) is 122 cm³/mol. The van der Waals surface area contributed by atoms with Gasteiger partial charge < -0.3 is 15.0 Å². The van der Waals surface area contributed by atoms with Crippen LogP contribution >= 0.6 is 11.3 Å². The van der Waals surface area contributed by atoms with Crippen molar-refractivity contribution in [2.75, 3.05) is 13.1 Å². The number of rotatable bonds is 5. The Balaban J connectivity index is 1.47. The number of carbonyl (C=O) groups is 1. The van der Waals surface area contributed by atoms with E-state index in [0.29, 0.717) is 28.2 Å². The summed E-state index contributed by atoms with van der Waals surface area (Å²) in [5.74, 6) is 1.11. The summed E-state index contributed by atoms with van der Waals surface area (Å²) in [7, 11) is 0. The molecule has 5 rings (SSSR count). The maximum Gasteiger partial charge on any atom is 0.259 e. The first-order valence-corrected chi connectivity index (χ1v) is 11.2. The molecular formula is C23H22N4O3S. The number of aromatic nitrogens is 3. The van der Waals surface area contributed by atoms with Crippen LogP contribution in [-0.2, 0) is 4.79 Å². The third-order valence-corrected chi connectivity index (χ3v) is 6.60. The Morgan fingerprint density at radius 2 is 2.06 bits per heavy atom. The molecule has 0 radical (unpaired) electrons. The number of piperidine rings is 1. The highest BCUT2D eigenvalue weighted by molar-refractivity contribution is 7.17. The Hall–Kier alpha value is -3.10. The lowest BCUT2D eigenvalue weighted by Gasteiger charge is -2.29. The van der Waals surface area contributed by atoms with E-state index in [4.69, 9.17) is 4.74 Å². The first kappa shape index (κ1) is 19.8. The molecule has 1 aliphatic heterocycles. The summed E-state index contributed by atoms with van der Waals surface area (Å²) >= 11 is 1.62. The van der Waals surface area contributed by atoms with Crippen molar-refractivity contribution in [1.29, 1.82) is 0 Å². The highest BCUT2D eigenvalue weighted by Crippen LogP contribution is 2.26. The SMILES string of the molecule is CC(=O)C(Oc1ccc2nc(-c3cc4ccsc4cn3)[nH]c(=O)c2c1)C1CCNCC1. The van der Waals surface area contributed by atoms with E-state index in [1.807, 2.05) is 17.5 Å². The number of fused-ring (bicyclic) bond motifs is 2. The molecule has 158 valence electrons. The molecule has 1 saturated heterocycles. The molecule has 0 spiro atoms. The van der Waals surface area contributed by atoms with Crippen molar-refractivity contribution in [2.24, 2.45) is 5.92 Å². The van der Waals surface area contributed by atoms with Gasteiger partial charge in [0.05, 0.1) is 15.6 Å². The van der Waals surface area contributed by atoms with Crippen LogP contribution in [0.4, 0.5) is 0 Å². The second-order valence-electron chi connectivity index (χ2n) is 7.86. The number of hydrogen-bond acceptors (Lipinski definition) is 7. The van der Waals surface area contributed by atoms with Crippen LogP contribution in [0.3, 0.4) is 0 Å². The number of pyridine rings is 1. The van der Waals surface area contributed by atoms with Crippen molar-refractivity contribution < 1.29 is 9.53 Å². The number of hydrogen-bond donors (Lipinski definition) is 2. The number of ketones is 1. The molecule has 1 atom stereocenters. The first-order chi connectivity index (χ1) is 15.1. The quantitative estimate of drug-likeness (QED) is 0.499. The van der Waals surface area contributed by atoms with Crippen LogP contribution < -0.4 is 15.6 Å². The zero-order valence-corrected chi connectivity index (χ0v) is 17.9. The third kappa shape index (κ3) is 3.96. The number of nitrogens with one attached hydrogen (secondary N) is 2. The number of benzene rings is 1. The fourth-order valence-electron chi connectivity index (χ4n) is 4.11. The summed E-state index contributed by atoms with van der Waals surface area (Å²) in [4.78, 5) is 36.9. The topological polar surface area (TPSA) is 97.0 Å². The van der Waals surface area contributed by atoms with E-state index >= 15 is 0 Å². The molecule has 1 unspecified atom stereocenters. The molecule has 1 aromatic carbocycles. The number of Topliss-reactive ketones (excluding diaryl/α,β-unsaturated/α-hetero) is 1. The average molecular weight is 435 g/mol. The monoisotopic (exact) mass is 434 g/mol. The summed E-state index contributed by atoms with van der Waals surface area (Å²) in [6.07, 6.45) is 3.07. The molecule has 0 aliphatic carbocycles. The van der Waals surface area contributed by atoms with Gasteiger partial charge in [-0.1, -0.05) is 0 Å². The standard InChI is InChI=1S/C23H22N4O3S/c1-13(28)21(14-4-7-24-8-5-14)30-16-2-3-18-17(11-16)23(29)27-22(26-18)19-10-15-6-9-31-20(15)12-25-19/h2-3,6,9-12,14,21,24H,4-5,7-8H2,1H3,(H,26,27,29). The van der Waals surface area contributed by atoms with E-state index in [-0.39, 0.29) is 17.3 Å². The molecule has 0 amide bonds. The van der Waals surface area contributed by atoms with Gasteiger partial charge in [-0.25, -0.2) is 4.98 Å². The predicted octanol–water partition coefficient (Wildman–Crippen LogP) is 3.54. The molecule has 3 aromatic heterocycles. The summed E-state index contributed by atoms with van der Waals surface area (Å²) in [6, 6.07) is 9.13. The van der Waals surface area contributed by atoms with Crippen LogP contribution in [0.2, 0.25) is 0 Å². The summed E-state index contributed by atoms with van der Waals surface area (Å²) < 4.78 is 7.15. The summed E-state index contributed by atoms with van der Waals surface area (Å²) in [6.45, 7) is 3.33. The summed E-state index contributed by atoms with van der Waals surface area (Å²) in [5, 5.41) is 6.80. The lowest BCUT2D eigenvalue weighted by molar-refractivity contribution is -0.126. The van der Waals surface area contributed by atoms with Gasteiger partial charge in [0, 0.05) is 12.1 Å². The molecule has 1 aliphatic rings. The second kappa shape index (κ2) is 8.20. The van der Waals surface area contributed by atoms with Crippen LogP contribution in [0.1, 0.15) is 19.8 Å². The highest BCUT2D eigenvalue weighted by atomic mass is 32.1. The number of thiophene rings is 1. The molecule has 7 nitrogen and oxygen atoms in total. The van der Waals surface area contributed by atoms with Crippen LogP contribution in [0.25, 0.3) is 32.5 Å². The Morgan fingerprint density at radius 3 is 2.87 bits per heavy atom. The molecule has 8 heteroatoms. The van der Waals surface area contributed by atoms with Gasteiger partial charge >= 0.3 is 0 Å². The lowest BCUT2D eigenvalue weighted by atomic mass is 9.90. The van der Waals surface area contributed by atoms with Crippen molar-refractivity contribution in [1.82, 2.24) is 20.3 Å². The first-order valence-electron chi connectivity index (χ1n) is 10.3. The normalized spacial score (nSPS) is 15.9. The van der Waals surface area contributed by atoms with E-state index in [9.17, 15) is 9.59 Å². The van der Waals surface area contributed by atoms with Crippen LogP contribution in [0.5, 0.6) is 5.75 Å². The maximum absolute atomic E-state index is 12.8. The van der Waals surface area contributed by atoms with E-state index in [0.717, 1.165) is 36.0 Å². The number of carbonyl (C=O) groups excluding carboxylic acids is 1. The van der Waals surface area contributed by atoms with E-state index in [2.05, 4.69) is 20.3 Å². The van der Waals surface area contributed by atoms with E-state index < -0.39 is 6.10 Å². The molecule has 4 heterocycles. The molecule has 0 saturated carbocycles. The van der Waals surface area contributed by atoms with E-state index in [1.165, 1.54) is 0 Å². The lowest BCUT2D eigenvalue weighted by Crippen LogP contribution is -2.40. The van der Waals surface area contributed by atoms with Crippen molar-refractivity contribution in [3.05, 3.63) is 52.3 Å². The summed E-state index contributed by atoms with van der Waals surface area (Å²) in [5.41, 5.74) is 0.909. The second-order valence-corrected chi connectivity index (χ2v) is 8.81. The smallest absolute Gasteiger partial charge is 0.259 e. The minimum Gasteiger partial charge on any atom is -0.482 e. The number of H-pyrrole nitrogens is 1. The van der Waals surface area contributed by atoms with Crippen LogP contribution in [0.15, 0.2) is 46.7 Å². The molecular weight excluding hydrogens is 412 g/mol. The Kier molecular flexibility index (Phi) is 5.25. The van der Waals surface area contributed by atoms with Gasteiger partial charge in [-0.15, -0.1) is 11.3 Å². The maximum atomic E-state index is 12.8. The zero-order chi connectivity index (χ0) is 21.4. The van der Waals surface area contributed by atoms with Gasteiger partial charge in [0.2, 0.25) is 0 Å². The van der Waals surface area contributed by atoms with Crippen molar-refractivity contribution in [3.8, 4) is 17.3 Å². The molecule has 4 aromatic rings. The number of aromatic amines is 1. The molecule has 2 N–H and O–H groups in total. The van der Waals surface area contributed by atoms with Gasteiger partial charge in [0.25, 0.3) is 5.56 Å². The Morgan fingerprint density at radius 1 is 1.23 bits per heavy atom. The van der Waals surface area contributed by atoms with Gasteiger partial charge in [0.15, 0.2) is 17.7 Å². The van der Waals surface area contributed by atoms with Crippen LogP contribution in [-0.4, -0.2) is 39.9 Å². The van der Waals surface area contributed by atoms with Gasteiger partial charge in [-0.2, -0.15) is 0 Å². The number of ether oxygens (including phenoxy) is 1. The molecule has 0 bridgehead atoms. The fraction of sp³-hybridized carbons (Fsp3) is 0.304. The largest absolute Gasteiger partial charge is 0.482 e. The van der Waals surface area contributed by atoms with Gasteiger partial charge in [-0.3, -0.25) is 14.6 Å². The molecule has 31 heavy (non-hydrogen) atoms. The van der Waals surface area contributed by atoms with Crippen molar-refractivity contribution in [2.45, 2.75) is 25.9 Å². The third-order valence-electron chi connectivity index (χ3n) is 5.74.